The smallest absolute Gasteiger partial charge is 0.163 e. The minimum Gasteiger partial charge on any atom is -0.348 e. The molecule has 2 fully saturated rings. The van der Waals surface area contributed by atoms with Crippen LogP contribution in [-0.4, -0.2) is 56.1 Å². The van der Waals surface area contributed by atoms with Gasteiger partial charge in [0.05, 0.1) is 12.7 Å². The zero-order valence-corrected chi connectivity index (χ0v) is 11.4. The van der Waals surface area contributed by atoms with Crippen LogP contribution in [0.1, 0.15) is 33.1 Å². The maximum absolute atomic E-state index is 5.77. The first-order chi connectivity index (χ1) is 8.07. The van der Waals surface area contributed by atoms with Gasteiger partial charge in [0, 0.05) is 19.1 Å². The molecule has 4 nitrogen and oxygen atoms in total. The molecular formula is C13H26N2O2. The average Bonchev–Trinajstić information content (AvgIpc) is 2.61. The fourth-order valence-corrected chi connectivity index (χ4v) is 2.68. The van der Waals surface area contributed by atoms with Crippen LogP contribution in [-0.2, 0) is 9.47 Å². The molecule has 2 saturated heterocycles. The molecule has 0 radical (unpaired) electrons. The van der Waals surface area contributed by atoms with Crippen LogP contribution in [0.4, 0.5) is 0 Å². The zero-order valence-electron chi connectivity index (χ0n) is 11.4. The minimum atomic E-state index is -0.395. The van der Waals surface area contributed by atoms with Gasteiger partial charge < -0.3 is 19.7 Å². The third-order valence-corrected chi connectivity index (χ3v) is 3.74. The Bertz CT molecular complexity index is 246. The van der Waals surface area contributed by atoms with Crippen molar-refractivity contribution in [1.82, 2.24) is 10.2 Å². The summed E-state index contributed by atoms with van der Waals surface area (Å²) in [7, 11) is 2.23. The predicted octanol–water partition coefficient (Wildman–Crippen LogP) is 1.21. The normalized spacial score (nSPS) is 34.1. The molecule has 0 amide bonds. The van der Waals surface area contributed by atoms with Gasteiger partial charge in [0.2, 0.25) is 0 Å². The Balaban J connectivity index is 1.63. The Morgan fingerprint density at radius 2 is 2.12 bits per heavy atom. The monoisotopic (exact) mass is 242 g/mol. The first-order valence-corrected chi connectivity index (χ1v) is 6.79. The molecule has 0 aromatic rings. The van der Waals surface area contributed by atoms with E-state index >= 15 is 0 Å². The van der Waals surface area contributed by atoms with Crippen molar-refractivity contribution in [3.05, 3.63) is 0 Å². The van der Waals surface area contributed by atoms with Crippen molar-refractivity contribution in [2.45, 2.75) is 51.0 Å². The second-order valence-corrected chi connectivity index (χ2v) is 5.74. The van der Waals surface area contributed by atoms with E-state index in [9.17, 15) is 0 Å². The van der Waals surface area contributed by atoms with Crippen LogP contribution in [0.25, 0.3) is 0 Å². The van der Waals surface area contributed by atoms with Gasteiger partial charge in [0.1, 0.15) is 0 Å². The number of nitrogens with zero attached hydrogens (tertiary/aromatic N) is 1. The molecule has 1 N–H and O–H groups in total. The molecule has 0 aliphatic carbocycles. The highest BCUT2D eigenvalue weighted by atomic mass is 16.7. The number of ether oxygens (including phenoxy) is 2. The molecule has 0 aromatic heterocycles. The lowest BCUT2D eigenvalue weighted by Crippen LogP contribution is -2.44. The standard InChI is InChI=1S/C13H26N2O2/c1-13(2)16-10-12(17-13)9-14-8-11-6-4-5-7-15(11)3/h11-12,14H,4-10H2,1-3H3. The Kier molecular flexibility index (Phi) is 4.42. The SMILES string of the molecule is CN1CCCCC1CNCC1COC(C)(C)O1. The van der Waals surface area contributed by atoms with E-state index in [-0.39, 0.29) is 6.10 Å². The predicted molar refractivity (Wildman–Crippen MR) is 68.0 cm³/mol. The molecule has 2 aliphatic rings. The van der Waals surface area contributed by atoms with Crippen LogP contribution in [0.3, 0.4) is 0 Å². The largest absolute Gasteiger partial charge is 0.348 e. The lowest BCUT2D eigenvalue weighted by molar-refractivity contribution is -0.137. The van der Waals surface area contributed by atoms with Gasteiger partial charge in [-0.05, 0) is 40.3 Å². The van der Waals surface area contributed by atoms with Crippen molar-refractivity contribution in [3.63, 3.8) is 0 Å². The molecule has 2 atom stereocenters. The number of hydrogen-bond acceptors (Lipinski definition) is 4. The summed E-state index contributed by atoms with van der Waals surface area (Å²) >= 11 is 0. The van der Waals surface area contributed by atoms with Crippen LogP contribution in [0.5, 0.6) is 0 Å². The van der Waals surface area contributed by atoms with Gasteiger partial charge in [-0.3, -0.25) is 0 Å². The second kappa shape index (κ2) is 5.65. The molecule has 100 valence electrons. The summed E-state index contributed by atoms with van der Waals surface area (Å²) in [6, 6.07) is 0.694. The molecule has 2 aliphatic heterocycles. The van der Waals surface area contributed by atoms with E-state index in [1.807, 2.05) is 13.8 Å². The lowest BCUT2D eigenvalue weighted by atomic mass is 10.0. The molecule has 4 heteroatoms. The van der Waals surface area contributed by atoms with Crippen LogP contribution >= 0.6 is 0 Å². The molecule has 2 unspecified atom stereocenters. The number of likely N-dealkylation sites (N-methyl/N-ethyl adjacent to an activating group) is 1. The third-order valence-electron chi connectivity index (χ3n) is 3.74. The second-order valence-electron chi connectivity index (χ2n) is 5.74. The van der Waals surface area contributed by atoms with Crippen LogP contribution in [0.15, 0.2) is 0 Å². The van der Waals surface area contributed by atoms with Gasteiger partial charge >= 0.3 is 0 Å². The first-order valence-electron chi connectivity index (χ1n) is 6.79. The van der Waals surface area contributed by atoms with E-state index in [1.54, 1.807) is 0 Å². The summed E-state index contributed by atoms with van der Waals surface area (Å²) in [5, 5.41) is 3.52. The van der Waals surface area contributed by atoms with E-state index in [1.165, 1.54) is 25.8 Å². The summed E-state index contributed by atoms with van der Waals surface area (Å²) in [6.07, 6.45) is 4.24. The molecule has 17 heavy (non-hydrogen) atoms. The van der Waals surface area contributed by atoms with Crippen LogP contribution in [0.2, 0.25) is 0 Å². The van der Waals surface area contributed by atoms with Gasteiger partial charge in [-0.2, -0.15) is 0 Å². The summed E-state index contributed by atoms with van der Waals surface area (Å²) in [6.45, 7) is 7.86. The van der Waals surface area contributed by atoms with Gasteiger partial charge in [-0.15, -0.1) is 0 Å². The quantitative estimate of drug-likeness (QED) is 0.803. The molecule has 0 bridgehead atoms. The van der Waals surface area contributed by atoms with E-state index in [4.69, 9.17) is 9.47 Å². The van der Waals surface area contributed by atoms with Crippen LogP contribution in [0, 0.1) is 0 Å². The number of likely N-dealkylation sites (tertiary alicyclic amines) is 1. The average molecular weight is 242 g/mol. The van der Waals surface area contributed by atoms with Gasteiger partial charge in [-0.1, -0.05) is 6.42 Å². The molecule has 2 heterocycles. The van der Waals surface area contributed by atoms with E-state index < -0.39 is 5.79 Å². The number of piperidine rings is 1. The Hall–Kier alpha value is -0.160. The fourth-order valence-electron chi connectivity index (χ4n) is 2.68. The van der Waals surface area contributed by atoms with Crippen LogP contribution < -0.4 is 5.32 Å². The highest BCUT2D eigenvalue weighted by Gasteiger charge is 2.32. The fraction of sp³-hybridized carbons (Fsp3) is 1.00. The maximum atomic E-state index is 5.77. The summed E-state index contributed by atoms with van der Waals surface area (Å²) in [5.41, 5.74) is 0. The van der Waals surface area contributed by atoms with Crippen molar-refractivity contribution in [3.8, 4) is 0 Å². The number of hydrogen-bond donors (Lipinski definition) is 1. The summed E-state index contributed by atoms with van der Waals surface area (Å²) < 4.78 is 11.3. The molecule has 2 rings (SSSR count). The highest BCUT2D eigenvalue weighted by molar-refractivity contribution is 4.78. The van der Waals surface area contributed by atoms with Gasteiger partial charge in [0.25, 0.3) is 0 Å². The topological polar surface area (TPSA) is 33.7 Å². The van der Waals surface area contributed by atoms with Crippen molar-refractivity contribution in [1.29, 1.82) is 0 Å². The Morgan fingerprint density at radius 3 is 2.76 bits per heavy atom. The molecule has 0 aromatic carbocycles. The molecule has 0 saturated carbocycles. The zero-order chi connectivity index (χ0) is 12.3. The van der Waals surface area contributed by atoms with E-state index in [2.05, 4.69) is 17.3 Å². The van der Waals surface area contributed by atoms with E-state index in [0.717, 1.165) is 13.1 Å². The first kappa shape index (κ1) is 13.3. The van der Waals surface area contributed by atoms with Crippen molar-refractivity contribution < 1.29 is 9.47 Å². The Morgan fingerprint density at radius 1 is 1.29 bits per heavy atom. The van der Waals surface area contributed by atoms with E-state index in [0.29, 0.717) is 12.6 Å². The van der Waals surface area contributed by atoms with Crippen molar-refractivity contribution in [2.24, 2.45) is 0 Å². The van der Waals surface area contributed by atoms with Crippen molar-refractivity contribution >= 4 is 0 Å². The lowest BCUT2D eigenvalue weighted by Gasteiger charge is -2.32. The summed E-state index contributed by atoms with van der Waals surface area (Å²) in [4.78, 5) is 2.46. The maximum Gasteiger partial charge on any atom is 0.163 e. The van der Waals surface area contributed by atoms with Gasteiger partial charge in [-0.25, -0.2) is 0 Å². The number of nitrogens with one attached hydrogen (secondary N) is 1. The van der Waals surface area contributed by atoms with Gasteiger partial charge in [0.15, 0.2) is 5.79 Å². The van der Waals surface area contributed by atoms with Crippen molar-refractivity contribution in [2.75, 3.05) is 33.3 Å². The molecule has 0 spiro atoms. The minimum absolute atomic E-state index is 0.207. The molecular weight excluding hydrogens is 216 g/mol. The Labute approximate surface area is 105 Å². The number of rotatable bonds is 4. The highest BCUT2D eigenvalue weighted by Crippen LogP contribution is 2.21. The third kappa shape index (κ3) is 3.91. The summed E-state index contributed by atoms with van der Waals surface area (Å²) in [5.74, 6) is -0.395.